The number of carbonyl (C=O) groups is 1. The average Bonchev–Trinajstić information content (AvgIpc) is 3.33. The van der Waals surface area contributed by atoms with E-state index in [1.165, 1.54) is 11.1 Å². The number of benzene rings is 1. The molecule has 1 atom stereocenters. The Morgan fingerprint density at radius 3 is 2.59 bits per heavy atom. The number of carbonyl (C=O) groups excluding carboxylic acids is 1. The van der Waals surface area contributed by atoms with E-state index in [1.54, 1.807) is 13.3 Å². The van der Waals surface area contributed by atoms with Gasteiger partial charge in [-0.3, -0.25) is 14.7 Å². The second kappa shape index (κ2) is 11.2. The van der Waals surface area contributed by atoms with Gasteiger partial charge in [0.15, 0.2) is 5.96 Å². The number of nitrogens with zero attached hydrogens (tertiary/aromatic N) is 2. The molecule has 4 rings (SSSR count). The highest BCUT2D eigenvalue weighted by Gasteiger charge is 2.23. The van der Waals surface area contributed by atoms with E-state index >= 15 is 0 Å². The third-order valence-electron chi connectivity index (χ3n) is 6.47. The van der Waals surface area contributed by atoms with Crippen LogP contribution in [0.15, 0.2) is 52.1 Å². The first-order valence-corrected chi connectivity index (χ1v) is 11.8. The van der Waals surface area contributed by atoms with Gasteiger partial charge in [-0.25, -0.2) is 0 Å². The minimum Gasteiger partial charge on any atom is -0.469 e. The molecule has 2 aromatic rings. The average molecular weight is 438 g/mol. The molecule has 3 N–H and O–H groups in total. The van der Waals surface area contributed by atoms with Crippen LogP contribution >= 0.6 is 0 Å². The molecule has 1 saturated heterocycles. The Morgan fingerprint density at radius 2 is 1.84 bits per heavy atom. The fourth-order valence-corrected chi connectivity index (χ4v) is 4.59. The molecule has 1 aromatic carbocycles. The summed E-state index contributed by atoms with van der Waals surface area (Å²) in [5, 5.41) is 10.1. The Bertz CT molecular complexity index is 887. The SMILES string of the molecule is CNC(=O)CN1CCC(NC(=NCCc2ccco2)NC2CCc3ccccc3C2)CC1. The third-order valence-corrected chi connectivity index (χ3v) is 6.47. The van der Waals surface area contributed by atoms with Crippen molar-refractivity contribution in [1.82, 2.24) is 20.9 Å². The summed E-state index contributed by atoms with van der Waals surface area (Å²) in [6.07, 6.45) is 7.75. The highest BCUT2D eigenvalue weighted by atomic mass is 16.3. The van der Waals surface area contributed by atoms with Crippen molar-refractivity contribution in [2.24, 2.45) is 4.99 Å². The molecule has 1 aliphatic heterocycles. The fraction of sp³-hybridized carbons (Fsp3) is 0.520. The second-order valence-corrected chi connectivity index (χ2v) is 8.78. The molecule has 0 bridgehead atoms. The summed E-state index contributed by atoms with van der Waals surface area (Å²) in [5.41, 5.74) is 2.91. The zero-order valence-corrected chi connectivity index (χ0v) is 19.0. The van der Waals surface area contributed by atoms with Crippen LogP contribution in [0.25, 0.3) is 0 Å². The van der Waals surface area contributed by atoms with Gasteiger partial charge in [0, 0.05) is 45.2 Å². The summed E-state index contributed by atoms with van der Waals surface area (Å²) in [7, 11) is 1.69. The molecule has 0 saturated carbocycles. The van der Waals surface area contributed by atoms with E-state index < -0.39 is 0 Å². The van der Waals surface area contributed by atoms with Crippen LogP contribution < -0.4 is 16.0 Å². The maximum absolute atomic E-state index is 11.7. The monoisotopic (exact) mass is 437 g/mol. The maximum Gasteiger partial charge on any atom is 0.233 e. The number of guanidine groups is 1. The first kappa shape index (κ1) is 22.4. The van der Waals surface area contributed by atoms with Crippen molar-refractivity contribution in [3.63, 3.8) is 0 Å². The van der Waals surface area contributed by atoms with Crippen LogP contribution in [0.4, 0.5) is 0 Å². The van der Waals surface area contributed by atoms with Crippen LogP contribution in [0.2, 0.25) is 0 Å². The summed E-state index contributed by atoms with van der Waals surface area (Å²) in [4.78, 5) is 18.8. The lowest BCUT2D eigenvalue weighted by Gasteiger charge is -2.34. The van der Waals surface area contributed by atoms with E-state index in [0.717, 1.165) is 63.3 Å². The number of aliphatic imine (C=N–C) groups is 1. The quantitative estimate of drug-likeness (QED) is 0.457. The van der Waals surface area contributed by atoms with Crippen molar-refractivity contribution in [3.05, 3.63) is 59.5 Å². The van der Waals surface area contributed by atoms with E-state index in [9.17, 15) is 4.79 Å². The number of likely N-dealkylation sites (N-methyl/N-ethyl adjacent to an activating group) is 1. The predicted molar refractivity (Wildman–Crippen MR) is 127 cm³/mol. The molecule has 7 heteroatoms. The molecule has 0 radical (unpaired) electrons. The summed E-state index contributed by atoms with van der Waals surface area (Å²) in [5.74, 6) is 1.93. The molecule has 0 spiro atoms. The largest absolute Gasteiger partial charge is 0.469 e. The van der Waals surface area contributed by atoms with E-state index in [-0.39, 0.29) is 5.91 Å². The van der Waals surface area contributed by atoms with Crippen LogP contribution in [-0.4, -0.2) is 62.1 Å². The number of nitrogens with one attached hydrogen (secondary N) is 3. The topological polar surface area (TPSA) is 81.9 Å². The number of aryl methyl sites for hydroxylation is 1. The van der Waals surface area contributed by atoms with Crippen molar-refractivity contribution >= 4 is 11.9 Å². The number of hydrogen-bond acceptors (Lipinski definition) is 4. The zero-order chi connectivity index (χ0) is 22.2. The standard InChI is InChI=1S/C25H35N5O2/c1-26-24(31)18-30-14-11-21(12-15-30)28-25(27-13-10-23-7-4-16-32-23)29-22-9-8-19-5-2-3-6-20(19)17-22/h2-7,16,21-22H,8-15,17-18H2,1H3,(H,26,31)(H2,27,28,29). The lowest BCUT2D eigenvalue weighted by Crippen LogP contribution is -2.52. The Hall–Kier alpha value is -2.80. The van der Waals surface area contributed by atoms with Gasteiger partial charge in [-0.15, -0.1) is 0 Å². The Labute approximate surface area is 190 Å². The fourth-order valence-electron chi connectivity index (χ4n) is 4.59. The zero-order valence-electron chi connectivity index (χ0n) is 19.0. The molecule has 2 aliphatic rings. The second-order valence-electron chi connectivity index (χ2n) is 8.78. The molecular formula is C25H35N5O2. The molecule has 172 valence electrons. The Kier molecular flexibility index (Phi) is 7.82. The predicted octanol–water partition coefficient (Wildman–Crippen LogP) is 2.13. The maximum atomic E-state index is 11.7. The van der Waals surface area contributed by atoms with Gasteiger partial charge in [0.1, 0.15) is 5.76 Å². The van der Waals surface area contributed by atoms with Crippen molar-refractivity contribution in [1.29, 1.82) is 0 Å². The number of likely N-dealkylation sites (tertiary alicyclic amines) is 1. The van der Waals surface area contributed by atoms with Crippen LogP contribution in [0, 0.1) is 0 Å². The molecule has 1 unspecified atom stereocenters. The van der Waals surface area contributed by atoms with Crippen LogP contribution in [0.5, 0.6) is 0 Å². The Morgan fingerprint density at radius 1 is 1.06 bits per heavy atom. The van der Waals surface area contributed by atoms with Crippen molar-refractivity contribution < 1.29 is 9.21 Å². The minimum atomic E-state index is 0.0795. The summed E-state index contributed by atoms with van der Waals surface area (Å²) in [6, 6.07) is 13.4. The molecule has 1 fully saturated rings. The van der Waals surface area contributed by atoms with Gasteiger partial charge in [0.2, 0.25) is 5.91 Å². The Balaban J connectivity index is 1.34. The molecule has 2 heterocycles. The molecule has 1 aromatic heterocycles. The normalized spacial score (nSPS) is 19.9. The first-order valence-electron chi connectivity index (χ1n) is 11.8. The number of furan rings is 1. The van der Waals surface area contributed by atoms with Crippen LogP contribution in [0.1, 0.15) is 36.1 Å². The highest BCUT2D eigenvalue weighted by molar-refractivity contribution is 5.80. The molecule has 7 nitrogen and oxygen atoms in total. The van der Waals surface area contributed by atoms with Gasteiger partial charge in [-0.05, 0) is 55.4 Å². The highest BCUT2D eigenvalue weighted by Crippen LogP contribution is 2.21. The van der Waals surface area contributed by atoms with E-state index in [0.29, 0.717) is 25.2 Å². The number of fused-ring (bicyclic) bond motifs is 1. The number of rotatable bonds is 7. The van der Waals surface area contributed by atoms with Crippen molar-refractivity contribution in [2.75, 3.05) is 33.2 Å². The number of hydrogen-bond donors (Lipinski definition) is 3. The minimum absolute atomic E-state index is 0.0795. The van der Waals surface area contributed by atoms with Gasteiger partial charge in [0.25, 0.3) is 0 Å². The van der Waals surface area contributed by atoms with Crippen molar-refractivity contribution in [3.8, 4) is 0 Å². The van der Waals surface area contributed by atoms with Gasteiger partial charge < -0.3 is 20.4 Å². The van der Waals surface area contributed by atoms with E-state index in [2.05, 4.69) is 45.1 Å². The molecule has 1 amide bonds. The van der Waals surface area contributed by atoms with Crippen LogP contribution in [-0.2, 0) is 24.1 Å². The molecule has 32 heavy (non-hydrogen) atoms. The summed E-state index contributed by atoms with van der Waals surface area (Å²) < 4.78 is 5.46. The lowest BCUT2D eigenvalue weighted by atomic mass is 9.88. The van der Waals surface area contributed by atoms with E-state index in [4.69, 9.17) is 9.41 Å². The van der Waals surface area contributed by atoms with Crippen LogP contribution in [0.3, 0.4) is 0 Å². The number of piperidine rings is 1. The number of amides is 1. The summed E-state index contributed by atoms with van der Waals surface area (Å²) in [6.45, 7) is 3.00. The third kappa shape index (κ3) is 6.36. The molecule has 1 aliphatic carbocycles. The van der Waals surface area contributed by atoms with Gasteiger partial charge in [-0.1, -0.05) is 24.3 Å². The van der Waals surface area contributed by atoms with E-state index in [1.807, 2.05) is 12.1 Å². The smallest absolute Gasteiger partial charge is 0.233 e. The van der Waals surface area contributed by atoms with Gasteiger partial charge in [-0.2, -0.15) is 0 Å². The van der Waals surface area contributed by atoms with Gasteiger partial charge >= 0.3 is 0 Å². The summed E-state index contributed by atoms with van der Waals surface area (Å²) >= 11 is 0. The van der Waals surface area contributed by atoms with Gasteiger partial charge in [0.05, 0.1) is 12.8 Å². The first-order chi connectivity index (χ1) is 15.7. The lowest BCUT2D eigenvalue weighted by molar-refractivity contribution is -0.122. The molecular weight excluding hydrogens is 402 g/mol. The van der Waals surface area contributed by atoms with Crippen molar-refractivity contribution in [2.45, 2.75) is 50.6 Å².